The molecular weight excluding hydrogens is 194 g/mol. The molecule has 0 amide bonds. The Hall–Kier alpha value is 0.860. The van der Waals surface area contributed by atoms with E-state index in [2.05, 4.69) is 0 Å². The summed E-state index contributed by atoms with van der Waals surface area (Å²) in [6.07, 6.45) is 17.6. The molecule has 2 fully saturated rings. The Morgan fingerprint density at radius 3 is 1.38 bits per heavy atom. The molecule has 76 valence electrons. The van der Waals surface area contributed by atoms with Crippen LogP contribution in [0.5, 0.6) is 0 Å². The van der Waals surface area contributed by atoms with Crippen molar-refractivity contribution in [2.45, 2.75) is 32.1 Å². The van der Waals surface area contributed by atoms with Gasteiger partial charge in [0.25, 0.3) is 0 Å². The fraction of sp³-hybridized carbons (Fsp3) is 1.00. The third-order valence-electron chi connectivity index (χ3n) is 3.35. The van der Waals surface area contributed by atoms with E-state index in [0.29, 0.717) is 15.8 Å². The van der Waals surface area contributed by atoms with Gasteiger partial charge in [0.2, 0.25) is 0 Å². The zero-order valence-corrected chi connectivity index (χ0v) is 10.5. The quantitative estimate of drug-likeness (QED) is 0.624. The van der Waals surface area contributed by atoms with Crippen LogP contribution in [0.4, 0.5) is 0 Å². The molecule has 0 spiro atoms. The van der Waals surface area contributed by atoms with Crippen LogP contribution in [0, 0.1) is 0 Å². The maximum Gasteiger partial charge on any atom is -0.0323 e. The van der Waals surface area contributed by atoms with Crippen LogP contribution >= 0.6 is 15.8 Å². The Bertz CT molecular complexity index is 119. The maximum atomic E-state index is 1.63. The first-order valence-corrected chi connectivity index (χ1v) is 9.69. The smallest absolute Gasteiger partial charge is 0.0323 e. The van der Waals surface area contributed by atoms with Gasteiger partial charge in [0, 0.05) is 0 Å². The van der Waals surface area contributed by atoms with Crippen LogP contribution in [-0.4, -0.2) is 37.0 Å². The molecule has 0 atom stereocenters. The van der Waals surface area contributed by atoms with E-state index in [1.54, 1.807) is 69.1 Å². The molecule has 2 rings (SSSR count). The molecule has 0 aromatic carbocycles. The predicted octanol–water partition coefficient (Wildman–Crippen LogP) is 3.93. The predicted molar refractivity (Wildman–Crippen MR) is 66.1 cm³/mol. The topological polar surface area (TPSA) is 0 Å². The second-order valence-corrected chi connectivity index (χ2v) is 9.82. The van der Waals surface area contributed by atoms with Gasteiger partial charge in [-0.05, 0) is 69.1 Å². The van der Waals surface area contributed by atoms with Gasteiger partial charge in [0.1, 0.15) is 0 Å². The molecule has 2 heteroatoms. The molecule has 2 aliphatic rings. The molecule has 2 heterocycles. The second kappa shape index (κ2) is 5.67. The minimum atomic E-state index is 0.545. The fourth-order valence-corrected chi connectivity index (χ4v) is 8.02. The molecular formula is C11H22P2. The van der Waals surface area contributed by atoms with E-state index < -0.39 is 0 Å². The summed E-state index contributed by atoms with van der Waals surface area (Å²) in [4.78, 5) is 0. The largest absolute Gasteiger partial charge is 0.107 e. The summed E-state index contributed by atoms with van der Waals surface area (Å²) in [7, 11) is 1.09. The summed E-state index contributed by atoms with van der Waals surface area (Å²) in [5.41, 5.74) is 0. The maximum absolute atomic E-state index is 1.63. The lowest BCUT2D eigenvalue weighted by Gasteiger charge is -2.12. The average Bonchev–Trinajstić information content (AvgIpc) is 2.75. The van der Waals surface area contributed by atoms with Crippen LogP contribution in [0.1, 0.15) is 32.1 Å². The normalized spacial score (nSPS) is 25.8. The molecule has 0 bridgehead atoms. The minimum Gasteiger partial charge on any atom is -0.107 e. The molecule has 0 unspecified atom stereocenters. The van der Waals surface area contributed by atoms with E-state index >= 15 is 0 Å². The Morgan fingerprint density at radius 1 is 0.615 bits per heavy atom. The summed E-state index contributed by atoms with van der Waals surface area (Å²) in [6.45, 7) is 0. The van der Waals surface area contributed by atoms with E-state index in [-0.39, 0.29) is 0 Å². The van der Waals surface area contributed by atoms with E-state index in [4.69, 9.17) is 0 Å². The highest BCUT2D eigenvalue weighted by Gasteiger charge is 2.16. The Balaban J connectivity index is 1.52. The Labute approximate surface area is 85.4 Å². The van der Waals surface area contributed by atoms with E-state index in [0.717, 1.165) is 0 Å². The SMILES string of the molecule is C1CCP(CCCP2CCCC2)C1. The summed E-state index contributed by atoms with van der Waals surface area (Å²) in [5, 5.41) is 0. The van der Waals surface area contributed by atoms with Gasteiger partial charge in [-0.3, -0.25) is 0 Å². The lowest BCUT2D eigenvalue weighted by molar-refractivity contribution is 0.949. The van der Waals surface area contributed by atoms with Crippen molar-refractivity contribution in [1.82, 2.24) is 0 Å². The molecule has 2 aliphatic heterocycles. The van der Waals surface area contributed by atoms with Crippen LogP contribution in [0.3, 0.4) is 0 Å². The summed E-state index contributed by atoms with van der Waals surface area (Å²) in [6, 6.07) is 0. The van der Waals surface area contributed by atoms with Crippen molar-refractivity contribution < 1.29 is 0 Å². The Morgan fingerprint density at radius 2 is 1.00 bits per heavy atom. The van der Waals surface area contributed by atoms with Gasteiger partial charge in [0.15, 0.2) is 0 Å². The second-order valence-electron chi connectivity index (χ2n) is 4.45. The van der Waals surface area contributed by atoms with Crippen LogP contribution in [0.15, 0.2) is 0 Å². The number of hydrogen-bond donors (Lipinski definition) is 0. The first-order chi connectivity index (χ1) is 6.45. The number of rotatable bonds is 4. The molecule has 13 heavy (non-hydrogen) atoms. The van der Waals surface area contributed by atoms with Gasteiger partial charge >= 0.3 is 0 Å². The molecule has 0 aliphatic carbocycles. The molecule has 0 aromatic heterocycles. The molecule has 0 aromatic rings. The van der Waals surface area contributed by atoms with Crippen molar-refractivity contribution in [3.8, 4) is 0 Å². The summed E-state index contributed by atoms with van der Waals surface area (Å²) >= 11 is 0. The monoisotopic (exact) mass is 216 g/mol. The van der Waals surface area contributed by atoms with E-state index in [1.165, 1.54) is 0 Å². The van der Waals surface area contributed by atoms with Crippen molar-refractivity contribution in [2.24, 2.45) is 0 Å². The first-order valence-electron chi connectivity index (χ1n) is 5.90. The van der Waals surface area contributed by atoms with Gasteiger partial charge in [-0.2, -0.15) is 0 Å². The van der Waals surface area contributed by atoms with Gasteiger partial charge in [-0.25, -0.2) is 0 Å². The first kappa shape index (κ1) is 10.4. The lowest BCUT2D eigenvalue weighted by atomic mass is 10.4. The standard InChI is InChI=1S/C11H22P2/c1-2-7-12(6-1)10-5-11-13-8-3-4-9-13/h1-11H2. The highest BCUT2D eigenvalue weighted by Crippen LogP contribution is 2.47. The van der Waals surface area contributed by atoms with Crippen molar-refractivity contribution in [3.63, 3.8) is 0 Å². The zero-order chi connectivity index (χ0) is 8.93. The van der Waals surface area contributed by atoms with Crippen molar-refractivity contribution in [1.29, 1.82) is 0 Å². The molecule has 0 radical (unpaired) electrons. The summed E-state index contributed by atoms with van der Waals surface area (Å²) < 4.78 is 0. The van der Waals surface area contributed by atoms with Gasteiger partial charge in [-0.15, -0.1) is 15.8 Å². The third-order valence-corrected chi connectivity index (χ3v) is 9.04. The average molecular weight is 216 g/mol. The highest BCUT2D eigenvalue weighted by molar-refractivity contribution is 7.59. The minimum absolute atomic E-state index is 0.545. The van der Waals surface area contributed by atoms with Crippen LogP contribution in [-0.2, 0) is 0 Å². The van der Waals surface area contributed by atoms with Gasteiger partial charge in [0.05, 0.1) is 0 Å². The van der Waals surface area contributed by atoms with Crippen LogP contribution in [0.2, 0.25) is 0 Å². The van der Waals surface area contributed by atoms with Crippen LogP contribution in [0.25, 0.3) is 0 Å². The van der Waals surface area contributed by atoms with E-state index in [1.807, 2.05) is 0 Å². The fourth-order valence-electron chi connectivity index (χ4n) is 2.53. The molecule has 2 saturated heterocycles. The molecule has 0 nitrogen and oxygen atoms in total. The molecule has 0 saturated carbocycles. The Kier molecular flexibility index (Phi) is 4.53. The number of hydrogen-bond acceptors (Lipinski definition) is 0. The van der Waals surface area contributed by atoms with E-state index in [9.17, 15) is 0 Å². The third kappa shape index (κ3) is 3.49. The highest BCUT2D eigenvalue weighted by atomic mass is 31.1. The van der Waals surface area contributed by atoms with Gasteiger partial charge < -0.3 is 0 Å². The zero-order valence-electron chi connectivity index (χ0n) is 8.67. The van der Waals surface area contributed by atoms with Crippen molar-refractivity contribution in [2.75, 3.05) is 37.0 Å². The van der Waals surface area contributed by atoms with Crippen LogP contribution < -0.4 is 0 Å². The molecule has 0 N–H and O–H groups in total. The van der Waals surface area contributed by atoms with Crippen molar-refractivity contribution >= 4 is 15.8 Å². The lowest BCUT2D eigenvalue weighted by Crippen LogP contribution is -1.92. The van der Waals surface area contributed by atoms with Crippen molar-refractivity contribution in [3.05, 3.63) is 0 Å². The van der Waals surface area contributed by atoms with Gasteiger partial charge in [-0.1, -0.05) is 0 Å². The summed E-state index contributed by atoms with van der Waals surface area (Å²) in [5.74, 6) is 0.